The summed E-state index contributed by atoms with van der Waals surface area (Å²) in [5.41, 5.74) is 0. The number of benzene rings is 2. The minimum Gasteiger partial charge on any atom is -0.508 e. The number of halogens is 1. The highest BCUT2D eigenvalue weighted by atomic mass is 79.9. The fraction of sp³-hybridized carbons (Fsp3) is 0. The number of rotatable bonds is 0. The summed E-state index contributed by atoms with van der Waals surface area (Å²) >= 11 is 3.31. The van der Waals surface area contributed by atoms with E-state index in [0.717, 1.165) is 4.47 Å². The van der Waals surface area contributed by atoms with Crippen LogP contribution in [0.25, 0.3) is 0 Å². The monoisotopic (exact) mass is 284 g/mol. The summed E-state index contributed by atoms with van der Waals surface area (Å²) in [4.78, 5) is 0. The lowest BCUT2D eigenvalue weighted by Gasteiger charge is -1.82. The predicted molar refractivity (Wildman–Crippen MR) is 72.6 cm³/mol. The first-order chi connectivity index (χ1) is 6.79. The Morgan fingerprint density at radius 3 is 1.33 bits per heavy atom. The number of phenols is 1. The smallest absolute Gasteiger partial charge is 0.115 e. The molecule has 0 aliphatic carbocycles. The van der Waals surface area contributed by atoms with Gasteiger partial charge in [-0.3, -0.25) is 0 Å². The van der Waals surface area contributed by atoms with E-state index in [0.29, 0.717) is 5.75 Å². The Hall–Kier alpha value is -0.930. The topological polar surface area (TPSA) is 20.2 Å². The lowest BCUT2D eigenvalue weighted by atomic mass is 10.3. The quantitative estimate of drug-likeness (QED) is 0.777. The number of hydrogen-bond donors (Lipinski definition) is 1. The highest BCUT2D eigenvalue weighted by Crippen LogP contribution is 2.05. The molecule has 0 aromatic heterocycles. The van der Waals surface area contributed by atoms with Crippen molar-refractivity contribution in [2.75, 3.05) is 0 Å². The van der Waals surface area contributed by atoms with E-state index in [4.69, 9.17) is 5.11 Å². The molecule has 2 aromatic carbocycles. The van der Waals surface area contributed by atoms with Crippen LogP contribution < -0.4 is 0 Å². The van der Waals surface area contributed by atoms with Crippen LogP contribution in [0.3, 0.4) is 0 Å². The molecule has 0 saturated heterocycles. The van der Waals surface area contributed by atoms with Gasteiger partial charge in [0.25, 0.3) is 0 Å². The van der Waals surface area contributed by atoms with Crippen molar-refractivity contribution in [3.63, 3.8) is 0 Å². The van der Waals surface area contributed by atoms with E-state index >= 15 is 0 Å². The highest BCUT2D eigenvalue weighted by molar-refractivity contribution is 9.10. The average molecular weight is 285 g/mol. The molecule has 0 heterocycles. The molecule has 0 aliphatic heterocycles. The van der Waals surface area contributed by atoms with E-state index in [9.17, 15) is 0 Å². The van der Waals surface area contributed by atoms with Crippen LogP contribution in [0.1, 0.15) is 0 Å². The van der Waals surface area contributed by atoms with Gasteiger partial charge in [-0.25, -0.2) is 0 Å². The Labute approximate surface area is 105 Å². The SMILES string of the molecule is Brc1ccccc1.Oc1ccccc1.S. The molecule has 15 heavy (non-hydrogen) atoms. The Kier molecular flexibility index (Phi) is 7.86. The van der Waals surface area contributed by atoms with Gasteiger partial charge in [-0.1, -0.05) is 52.3 Å². The molecule has 0 atom stereocenters. The van der Waals surface area contributed by atoms with E-state index in [-0.39, 0.29) is 13.5 Å². The summed E-state index contributed by atoms with van der Waals surface area (Å²) in [7, 11) is 0. The molecule has 1 N–H and O–H groups in total. The van der Waals surface area contributed by atoms with Crippen molar-refractivity contribution in [1.29, 1.82) is 0 Å². The molecule has 0 amide bonds. The van der Waals surface area contributed by atoms with Crippen molar-refractivity contribution in [3.05, 3.63) is 65.1 Å². The standard InChI is InChI=1S/C6H5Br.C6H6O.H2S/c2*7-6-4-2-1-3-5-6;/h1-5H;1-5,7H;1H2. The summed E-state index contributed by atoms with van der Waals surface area (Å²) in [5.74, 6) is 0.322. The van der Waals surface area contributed by atoms with Gasteiger partial charge in [0.1, 0.15) is 5.75 Å². The van der Waals surface area contributed by atoms with Crippen LogP contribution in [0, 0.1) is 0 Å². The lowest BCUT2D eigenvalue weighted by molar-refractivity contribution is 0.475. The van der Waals surface area contributed by atoms with Crippen molar-refractivity contribution in [3.8, 4) is 5.75 Å². The van der Waals surface area contributed by atoms with E-state index in [1.165, 1.54) is 0 Å². The first-order valence-electron chi connectivity index (χ1n) is 4.23. The summed E-state index contributed by atoms with van der Waals surface area (Å²) < 4.78 is 1.13. The van der Waals surface area contributed by atoms with Crippen LogP contribution >= 0.6 is 29.4 Å². The summed E-state index contributed by atoms with van der Waals surface area (Å²) in [6, 6.07) is 18.7. The lowest BCUT2D eigenvalue weighted by Crippen LogP contribution is -1.56. The molecule has 1 nitrogen and oxygen atoms in total. The van der Waals surface area contributed by atoms with Crippen molar-refractivity contribution in [2.45, 2.75) is 0 Å². The summed E-state index contributed by atoms with van der Waals surface area (Å²) in [6.45, 7) is 0. The van der Waals surface area contributed by atoms with Crippen LogP contribution in [-0.4, -0.2) is 5.11 Å². The molecular weight excluding hydrogens is 272 g/mol. The summed E-state index contributed by atoms with van der Waals surface area (Å²) in [5, 5.41) is 8.63. The second-order valence-electron chi connectivity index (χ2n) is 2.63. The molecule has 0 saturated carbocycles. The molecule has 2 rings (SSSR count). The first-order valence-corrected chi connectivity index (χ1v) is 5.03. The Morgan fingerprint density at radius 2 is 1.13 bits per heavy atom. The third-order valence-electron chi connectivity index (χ3n) is 1.49. The van der Waals surface area contributed by atoms with E-state index in [1.54, 1.807) is 24.3 Å². The van der Waals surface area contributed by atoms with Crippen molar-refractivity contribution < 1.29 is 5.11 Å². The second kappa shape index (κ2) is 8.38. The van der Waals surface area contributed by atoms with Crippen LogP contribution in [0.15, 0.2) is 65.1 Å². The molecule has 3 heteroatoms. The van der Waals surface area contributed by atoms with Gasteiger partial charge in [0, 0.05) is 4.47 Å². The molecule has 0 aliphatic rings. The van der Waals surface area contributed by atoms with E-state index in [2.05, 4.69) is 15.9 Å². The maximum Gasteiger partial charge on any atom is 0.115 e. The molecule has 0 fully saturated rings. The molecule has 2 aromatic rings. The third-order valence-corrected chi connectivity index (χ3v) is 2.02. The third kappa shape index (κ3) is 7.05. The van der Waals surface area contributed by atoms with Gasteiger partial charge >= 0.3 is 0 Å². The average Bonchev–Trinajstić information content (AvgIpc) is 2.21. The Bertz CT molecular complexity index is 313. The minimum absolute atomic E-state index is 0. The molecular formula is C12H13BrOS. The summed E-state index contributed by atoms with van der Waals surface area (Å²) in [6.07, 6.45) is 0. The molecule has 0 radical (unpaired) electrons. The molecule has 0 unspecified atom stereocenters. The largest absolute Gasteiger partial charge is 0.508 e. The fourth-order valence-corrected chi connectivity index (χ4v) is 1.15. The first kappa shape index (κ1) is 14.1. The highest BCUT2D eigenvalue weighted by Gasteiger charge is 1.75. The maximum atomic E-state index is 8.63. The molecule has 0 bridgehead atoms. The number of hydrogen-bond acceptors (Lipinski definition) is 1. The van der Waals surface area contributed by atoms with Crippen LogP contribution in [-0.2, 0) is 0 Å². The van der Waals surface area contributed by atoms with Crippen LogP contribution in [0.4, 0.5) is 0 Å². The zero-order valence-corrected chi connectivity index (χ0v) is 10.7. The Morgan fingerprint density at radius 1 is 0.733 bits per heavy atom. The number of aromatic hydroxyl groups is 1. The second-order valence-corrected chi connectivity index (χ2v) is 3.55. The zero-order chi connectivity index (χ0) is 10.2. The van der Waals surface area contributed by atoms with Crippen molar-refractivity contribution in [2.24, 2.45) is 0 Å². The van der Waals surface area contributed by atoms with Crippen LogP contribution in [0.5, 0.6) is 5.75 Å². The number of para-hydroxylation sites is 1. The van der Waals surface area contributed by atoms with E-state index < -0.39 is 0 Å². The van der Waals surface area contributed by atoms with E-state index in [1.807, 2.05) is 36.4 Å². The fourth-order valence-electron chi connectivity index (χ4n) is 0.843. The zero-order valence-electron chi connectivity index (χ0n) is 8.10. The Balaban J connectivity index is 0.000000245. The van der Waals surface area contributed by atoms with Gasteiger partial charge < -0.3 is 5.11 Å². The van der Waals surface area contributed by atoms with Gasteiger partial charge in [-0.05, 0) is 24.3 Å². The maximum absolute atomic E-state index is 8.63. The number of phenolic OH excluding ortho intramolecular Hbond substituents is 1. The van der Waals surface area contributed by atoms with Gasteiger partial charge in [0.05, 0.1) is 0 Å². The van der Waals surface area contributed by atoms with Crippen LogP contribution in [0.2, 0.25) is 0 Å². The van der Waals surface area contributed by atoms with Gasteiger partial charge in [-0.2, -0.15) is 13.5 Å². The predicted octanol–water partition coefficient (Wildman–Crippen LogP) is 3.95. The minimum atomic E-state index is 0. The van der Waals surface area contributed by atoms with Crippen molar-refractivity contribution >= 4 is 29.4 Å². The van der Waals surface area contributed by atoms with Gasteiger partial charge in [0.2, 0.25) is 0 Å². The van der Waals surface area contributed by atoms with Crippen molar-refractivity contribution in [1.82, 2.24) is 0 Å². The normalized spacial score (nSPS) is 8.07. The van der Waals surface area contributed by atoms with Gasteiger partial charge in [0.15, 0.2) is 0 Å². The van der Waals surface area contributed by atoms with Gasteiger partial charge in [-0.15, -0.1) is 0 Å². The molecule has 80 valence electrons. The molecule has 0 spiro atoms.